The Bertz CT molecular complexity index is 676. The van der Waals surface area contributed by atoms with Crippen molar-refractivity contribution in [2.45, 2.75) is 25.7 Å². The van der Waals surface area contributed by atoms with E-state index in [9.17, 15) is 4.79 Å². The summed E-state index contributed by atoms with van der Waals surface area (Å²) in [5.74, 6) is 0.368. The fourth-order valence-corrected chi connectivity index (χ4v) is 3.40. The van der Waals surface area contributed by atoms with Gasteiger partial charge in [0.05, 0.1) is 12.7 Å². The summed E-state index contributed by atoms with van der Waals surface area (Å²) >= 11 is 6.06. The highest BCUT2D eigenvalue weighted by molar-refractivity contribution is 6.30. The zero-order valence-corrected chi connectivity index (χ0v) is 13.4. The van der Waals surface area contributed by atoms with Gasteiger partial charge >= 0.3 is 5.97 Å². The number of carbonyl (C=O) groups is 1. The Kier molecular flexibility index (Phi) is 4.49. The second-order valence-electron chi connectivity index (χ2n) is 5.91. The molecule has 2 nitrogen and oxygen atoms in total. The SMILES string of the molecule is COC(=O)c1ccc(CC2CCc3cc(Cl)ccc3C2)cc1. The van der Waals surface area contributed by atoms with Crippen molar-refractivity contribution in [3.8, 4) is 0 Å². The summed E-state index contributed by atoms with van der Waals surface area (Å²) in [5, 5.41) is 0.829. The van der Waals surface area contributed by atoms with Crippen molar-refractivity contribution >= 4 is 17.6 Å². The first kappa shape index (κ1) is 15.1. The van der Waals surface area contributed by atoms with Gasteiger partial charge in [-0.1, -0.05) is 29.8 Å². The van der Waals surface area contributed by atoms with E-state index >= 15 is 0 Å². The second-order valence-corrected chi connectivity index (χ2v) is 6.35. The van der Waals surface area contributed by atoms with E-state index in [2.05, 4.69) is 12.1 Å². The predicted octanol–water partition coefficient (Wildman–Crippen LogP) is 4.47. The maximum atomic E-state index is 11.4. The number of carbonyl (C=O) groups excluding carboxylic acids is 1. The van der Waals surface area contributed by atoms with Crippen molar-refractivity contribution in [3.63, 3.8) is 0 Å². The van der Waals surface area contributed by atoms with Crippen LogP contribution in [0.15, 0.2) is 42.5 Å². The molecule has 1 aliphatic carbocycles. The molecule has 0 radical (unpaired) electrons. The highest BCUT2D eigenvalue weighted by Crippen LogP contribution is 2.29. The third-order valence-electron chi connectivity index (χ3n) is 4.40. The number of rotatable bonds is 3. The zero-order valence-electron chi connectivity index (χ0n) is 12.6. The van der Waals surface area contributed by atoms with Crippen LogP contribution >= 0.6 is 11.6 Å². The topological polar surface area (TPSA) is 26.3 Å². The van der Waals surface area contributed by atoms with E-state index in [0.29, 0.717) is 11.5 Å². The van der Waals surface area contributed by atoms with Crippen LogP contribution in [0, 0.1) is 5.92 Å². The third kappa shape index (κ3) is 3.33. The van der Waals surface area contributed by atoms with Gasteiger partial charge in [0.25, 0.3) is 0 Å². The van der Waals surface area contributed by atoms with Gasteiger partial charge in [0.1, 0.15) is 0 Å². The van der Waals surface area contributed by atoms with Gasteiger partial charge in [-0.15, -0.1) is 0 Å². The molecule has 0 heterocycles. The van der Waals surface area contributed by atoms with Crippen molar-refractivity contribution in [2.75, 3.05) is 7.11 Å². The normalized spacial score (nSPS) is 16.9. The molecule has 1 unspecified atom stereocenters. The van der Waals surface area contributed by atoms with Crippen LogP contribution in [0.4, 0.5) is 0 Å². The second kappa shape index (κ2) is 6.53. The minimum Gasteiger partial charge on any atom is -0.465 e. The Morgan fingerprint density at radius 1 is 1.18 bits per heavy atom. The summed E-state index contributed by atoms with van der Waals surface area (Å²) in [7, 11) is 1.40. The summed E-state index contributed by atoms with van der Waals surface area (Å²) in [6.07, 6.45) is 4.43. The van der Waals surface area contributed by atoms with E-state index in [1.807, 2.05) is 30.3 Å². The first-order valence-electron chi connectivity index (χ1n) is 7.60. The first-order chi connectivity index (χ1) is 10.7. The lowest BCUT2D eigenvalue weighted by atomic mass is 9.81. The molecule has 0 aromatic heterocycles. The molecule has 0 saturated heterocycles. The molecule has 0 saturated carbocycles. The lowest BCUT2D eigenvalue weighted by Gasteiger charge is -2.25. The number of ether oxygens (including phenoxy) is 1. The monoisotopic (exact) mass is 314 g/mol. The van der Waals surface area contributed by atoms with E-state index in [1.54, 1.807) is 0 Å². The minimum atomic E-state index is -0.282. The Labute approximate surface area is 136 Å². The molecule has 3 rings (SSSR count). The van der Waals surface area contributed by atoms with E-state index in [0.717, 1.165) is 24.3 Å². The molecule has 1 atom stereocenters. The molecule has 2 aromatic rings. The van der Waals surface area contributed by atoms with Crippen LogP contribution in [0.3, 0.4) is 0 Å². The van der Waals surface area contributed by atoms with Crippen molar-refractivity contribution in [3.05, 3.63) is 69.7 Å². The molecule has 0 bridgehead atoms. The van der Waals surface area contributed by atoms with Crippen LogP contribution in [0.2, 0.25) is 5.02 Å². The molecule has 0 aliphatic heterocycles. The third-order valence-corrected chi connectivity index (χ3v) is 4.63. The van der Waals surface area contributed by atoms with Gasteiger partial charge in [-0.25, -0.2) is 4.79 Å². The molecular formula is C19H19ClO2. The Balaban J connectivity index is 1.67. The summed E-state index contributed by atoms with van der Waals surface area (Å²) in [5.41, 5.74) is 4.70. The molecule has 1 aliphatic rings. The lowest BCUT2D eigenvalue weighted by Crippen LogP contribution is -2.16. The first-order valence-corrected chi connectivity index (χ1v) is 7.98. The maximum absolute atomic E-state index is 11.4. The van der Waals surface area contributed by atoms with E-state index in [1.165, 1.54) is 30.2 Å². The average Bonchev–Trinajstić information content (AvgIpc) is 2.55. The zero-order chi connectivity index (χ0) is 15.5. The predicted molar refractivity (Wildman–Crippen MR) is 88.5 cm³/mol. The number of aryl methyl sites for hydroxylation is 1. The number of fused-ring (bicyclic) bond motifs is 1. The number of halogens is 1. The molecule has 0 spiro atoms. The minimum absolute atomic E-state index is 0.282. The van der Waals surface area contributed by atoms with Crippen LogP contribution in [-0.2, 0) is 24.0 Å². The Morgan fingerprint density at radius 3 is 2.68 bits per heavy atom. The average molecular weight is 315 g/mol. The Morgan fingerprint density at radius 2 is 1.95 bits per heavy atom. The smallest absolute Gasteiger partial charge is 0.337 e. The van der Waals surface area contributed by atoms with Gasteiger partial charge in [0.15, 0.2) is 0 Å². The highest BCUT2D eigenvalue weighted by Gasteiger charge is 2.19. The molecular weight excluding hydrogens is 296 g/mol. The van der Waals surface area contributed by atoms with Crippen LogP contribution in [0.25, 0.3) is 0 Å². The number of hydrogen-bond acceptors (Lipinski definition) is 2. The number of esters is 1. The lowest BCUT2D eigenvalue weighted by molar-refractivity contribution is 0.0600. The van der Waals surface area contributed by atoms with E-state index < -0.39 is 0 Å². The molecule has 114 valence electrons. The molecule has 0 fully saturated rings. The largest absolute Gasteiger partial charge is 0.465 e. The molecule has 0 amide bonds. The summed E-state index contributed by atoms with van der Waals surface area (Å²) in [6.45, 7) is 0. The fraction of sp³-hybridized carbons (Fsp3) is 0.316. The van der Waals surface area contributed by atoms with Gasteiger partial charge in [0, 0.05) is 5.02 Å². The summed E-state index contributed by atoms with van der Waals surface area (Å²) < 4.78 is 4.73. The van der Waals surface area contributed by atoms with Gasteiger partial charge < -0.3 is 4.74 Å². The van der Waals surface area contributed by atoms with Crippen molar-refractivity contribution < 1.29 is 9.53 Å². The molecule has 2 aromatic carbocycles. The van der Waals surface area contributed by atoms with Gasteiger partial charge in [0.2, 0.25) is 0 Å². The highest BCUT2D eigenvalue weighted by atomic mass is 35.5. The van der Waals surface area contributed by atoms with E-state index in [-0.39, 0.29) is 5.97 Å². The van der Waals surface area contributed by atoms with Crippen LogP contribution in [0.5, 0.6) is 0 Å². The van der Waals surface area contributed by atoms with Crippen LogP contribution in [0.1, 0.15) is 33.5 Å². The molecule has 22 heavy (non-hydrogen) atoms. The van der Waals surface area contributed by atoms with Crippen molar-refractivity contribution in [1.29, 1.82) is 0 Å². The standard InChI is InChI=1S/C19H19ClO2/c1-22-19(21)15-5-2-13(3-6-15)10-14-4-7-17-12-18(20)9-8-16(17)11-14/h2-3,5-6,8-9,12,14H,4,7,10-11H2,1H3. The summed E-state index contributed by atoms with van der Waals surface area (Å²) in [4.78, 5) is 11.4. The number of hydrogen-bond donors (Lipinski definition) is 0. The van der Waals surface area contributed by atoms with Gasteiger partial charge in [-0.3, -0.25) is 0 Å². The van der Waals surface area contributed by atoms with E-state index in [4.69, 9.17) is 16.3 Å². The quantitative estimate of drug-likeness (QED) is 0.781. The van der Waals surface area contributed by atoms with Crippen LogP contribution in [-0.4, -0.2) is 13.1 Å². The van der Waals surface area contributed by atoms with Gasteiger partial charge in [-0.05, 0) is 72.6 Å². The number of benzene rings is 2. The van der Waals surface area contributed by atoms with Crippen LogP contribution < -0.4 is 0 Å². The van der Waals surface area contributed by atoms with Crippen molar-refractivity contribution in [2.24, 2.45) is 5.92 Å². The summed E-state index contributed by atoms with van der Waals surface area (Å²) in [6, 6.07) is 14.0. The van der Waals surface area contributed by atoms with Gasteiger partial charge in [-0.2, -0.15) is 0 Å². The number of methoxy groups -OCH3 is 1. The molecule has 3 heteroatoms. The van der Waals surface area contributed by atoms with Crippen molar-refractivity contribution in [1.82, 2.24) is 0 Å². The Hall–Kier alpha value is -1.80. The fourth-order valence-electron chi connectivity index (χ4n) is 3.20. The maximum Gasteiger partial charge on any atom is 0.337 e. The molecule has 0 N–H and O–H groups in total.